The number of nitro benzene ring substituents is 1. The fourth-order valence-corrected chi connectivity index (χ4v) is 1.80. The molecule has 1 aromatic carbocycles. The summed E-state index contributed by atoms with van der Waals surface area (Å²) < 4.78 is 0. The smallest absolute Gasteiger partial charge is 0.273 e. The van der Waals surface area contributed by atoms with E-state index in [1.54, 1.807) is 0 Å². The highest BCUT2D eigenvalue weighted by atomic mass is 16.6. The molecule has 11 heteroatoms. The van der Waals surface area contributed by atoms with Crippen LogP contribution in [0.25, 0.3) is 0 Å². The fraction of sp³-hybridized carbons (Fsp3) is 0.429. The molecule has 0 aliphatic rings. The molecule has 0 spiro atoms. The summed E-state index contributed by atoms with van der Waals surface area (Å²) in [4.78, 5) is 33.9. The van der Waals surface area contributed by atoms with Gasteiger partial charge in [-0.1, -0.05) is 0 Å². The lowest BCUT2D eigenvalue weighted by molar-refractivity contribution is -0.384. The van der Waals surface area contributed by atoms with Gasteiger partial charge in [0.2, 0.25) is 11.8 Å². The Morgan fingerprint density at radius 1 is 0.880 bits per heavy atom. The predicted octanol–water partition coefficient (Wildman–Crippen LogP) is -1.33. The summed E-state index contributed by atoms with van der Waals surface area (Å²) in [6.45, 7) is -2.46. The average molecular weight is 357 g/mol. The number of nitro groups is 1. The molecule has 11 nitrogen and oxygen atoms in total. The number of hydrogen-bond acceptors (Lipinski definition) is 8. The summed E-state index contributed by atoms with van der Waals surface area (Å²) in [5.41, 5.74) is -0.501. The number of non-ortho nitro benzene ring substituents is 1. The van der Waals surface area contributed by atoms with Crippen molar-refractivity contribution >= 4 is 28.9 Å². The summed E-state index contributed by atoms with van der Waals surface area (Å²) in [6, 6.07) is 3.30. The SMILES string of the molecule is O=C(Nc1cc(NC(=O)C(CO)CO)cc([N+](=O)[O-])c1)C(CO)CO. The minimum Gasteiger partial charge on any atom is -0.395 e. The maximum absolute atomic E-state index is 11.8. The minimum absolute atomic E-state index is 0.0362. The lowest BCUT2D eigenvalue weighted by Crippen LogP contribution is -2.29. The van der Waals surface area contributed by atoms with Crippen molar-refractivity contribution in [1.82, 2.24) is 0 Å². The summed E-state index contributed by atoms with van der Waals surface area (Å²) >= 11 is 0. The van der Waals surface area contributed by atoms with Gasteiger partial charge < -0.3 is 31.1 Å². The van der Waals surface area contributed by atoms with E-state index in [2.05, 4.69) is 10.6 Å². The molecule has 1 rings (SSSR count). The Morgan fingerprint density at radius 2 is 1.24 bits per heavy atom. The van der Waals surface area contributed by atoms with Crippen LogP contribution in [0.4, 0.5) is 17.1 Å². The molecule has 0 fully saturated rings. The molecule has 0 radical (unpaired) electrons. The van der Waals surface area contributed by atoms with E-state index in [4.69, 9.17) is 20.4 Å². The van der Waals surface area contributed by atoms with E-state index in [9.17, 15) is 19.7 Å². The van der Waals surface area contributed by atoms with E-state index in [0.29, 0.717) is 0 Å². The van der Waals surface area contributed by atoms with Crippen molar-refractivity contribution in [2.45, 2.75) is 0 Å². The van der Waals surface area contributed by atoms with Gasteiger partial charge in [0.1, 0.15) is 0 Å². The molecular formula is C14H19N3O8. The maximum Gasteiger partial charge on any atom is 0.273 e. The van der Waals surface area contributed by atoms with Gasteiger partial charge in [-0.25, -0.2) is 0 Å². The van der Waals surface area contributed by atoms with Crippen molar-refractivity contribution in [3.05, 3.63) is 28.3 Å². The Kier molecular flexibility index (Phi) is 7.88. The van der Waals surface area contributed by atoms with Crippen LogP contribution in [0, 0.1) is 22.0 Å². The Morgan fingerprint density at radius 3 is 1.52 bits per heavy atom. The first kappa shape index (κ1) is 20.4. The molecule has 0 aliphatic carbocycles. The van der Waals surface area contributed by atoms with Gasteiger partial charge in [0.15, 0.2) is 0 Å². The van der Waals surface area contributed by atoms with E-state index in [1.807, 2.05) is 0 Å². The molecule has 138 valence electrons. The van der Waals surface area contributed by atoms with Crippen molar-refractivity contribution in [1.29, 1.82) is 0 Å². The third-order valence-corrected chi connectivity index (χ3v) is 3.29. The zero-order chi connectivity index (χ0) is 19.0. The summed E-state index contributed by atoms with van der Waals surface area (Å²) in [7, 11) is 0. The van der Waals surface area contributed by atoms with Crippen molar-refractivity contribution in [3.63, 3.8) is 0 Å². The van der Waals surface area contributed by atoms with E-state index in [0.717, 1.165) is 12.1 Å². The Labute approximate surface area is 142 Å². The first-order chi connectivity index (χ1) is 11.9. The second-order valence-corrected chi connectivity index (χ2v) is 5.13. The molecule has 0 heterocycles. The largest absolute Gasteiger partial charge is 0.395 e. The van der Waals surface area contributed by atoms with Crippen LogP contribution in [0.5, 0.6) is 0 Å². The Balaban J connectivity index is 3.07. The van der Waals surface area contributed by atoms with Gasteiger partial charge >= 0.3 is 0 Å². The van der Waals surface area contributed by atoms with Crippen LogP contribution >= 0.6 is 0 Å². The van der Waals surface area contributed by atoms with Crippen LogP contribution < -0.4 is 10.6 Å². The molecule has 0 aliphatic heterocycles. The third-order valence-electron chi connectivity index (χ3n) is 3.29. The number of rotatable bonds is 9. The van der Waals surface area contributed by atoms with E-state index >= 15 is 0 Å². The van der Waals surface area contributed by atoms with Gasteiger partial charge in [-0.2, -0.15) is 0 Å². The predicted molar refractivity (Wildman–Crippen MR) is 85.7 cm³/mol. The van der Waals surface area contributed by atoms with E-state index in [-0.39, 0.29) is 11.4 Å². The second-order valence-electron chi connectivity index (χ2n) is 5.13. The van der Waals surface area contributed by atoms with E-state index < -0.39 is 60.7 Å². The van der Waals surface area contributed by atoms with Crippen LogP contribution in [0.15, 0.2) is 18.2 Å². The number of nitrogens with zero attached hydrogens (tertiary/aromatic N) is 1. The molecule has 0 aromatic heterocycles. The molecule has 2 amide bonds. The fourth-order valence-electron chi connectivity index (χ4n) is 1.80. The summed E-state index contributed by atoms with van der Waals surface area (Å²) in [5.74, 6) is -3.73. The second kappa shape index (κ2) is 9.64. The van der Waals surface area contributed by atoms with Crippen molar-refractivity contribution < 1.29 is 34.9 Å². The maximum atomic E-state index is 11.8. The van der Waals surface area contributed by atoms with Crippen LogP contribution in [-0.4, -0.2) is 63.6 Å². The monoisotopic (exact) mass is 357 g/mol. The number of anilines is 2. The van der Waals surface area contributed by atoms with Crippen LogP contribution in [0.2, 0.25) is 0 Å². The highest BCUT2D eigenvalue weighted by Crippen LogP contribution is 2.25. The number of amides is 2. The summed E-state index contributed by atoms with van der Waals surface area (Å²) in [6.07, 6.45) is 0. The number of benzene rings is 1. The normalized spacial score (nSPS) is 10.8. The van der Waals surface area contributed by atoms with Crippen molar-refractivity contribution in [2.24, 2.45) is 11.8 Å². The van der Waals surface area contributed by atoms with E-state index in [1.165, 1.54) is 6.07 Å². The van der Waals surface area contributed by atoms with Gasteiger partial charge in [-0.15, -0.1) is 0 Å². The lowest BCUT2D eigenvalue weighted by atomic mass is 10.1. The Hall–Kier alpha value is -2.60. The Bertz CT molecular complexity index is 584. The molecule has 1 aromatic rings. The molecule has 6 N–H and O–H groups in total. The molecule has 0 unspecified atom stereocenters. The molecule has 0 saturated carbocycles. The topological polar surface area (TPSA) is 182 Å². The number of carbonyl (C=O) groups excluding carboxylic acids is 2. The first-order valence-electron chi connectivity index (χ1n) is 7.20. The number of hydrogen-bond donors (Lipinski definition) is 6. The first-order valence-corrected chi connectivity index (χ1v) is 7.20. The highest BCUT2D eigenvalue weighted by Gasteiger charge is 2.20. The number of carbonyl (C=O) groups is 2. The zero-order valence-electron chi connectivity index (χ0n) is 13.1. The average Bonchev–Trinajstić information content (AvgIpc) is 2.56. The van der Waals surface area contributed by atoms with Gasteiger partial charge in [0.05, 0.1) is 43.2 Å². The molecular weight excluding hydrogens is 338 g/mol. The zero-order valence-corrected chi connectivity index (χ0v) is 13.1. The van der Waals surface area contributed by atoms with Gasteiger partial charge in [-0.05, 0) is 6.07 Å². The summed E-state index contributed by atoms with van der Waals surface area (Å²) in [5, 5.41) is 51.5. The number of nitrogens with one attached hydrogen (secondary N) is 2. The standard InChI is InChI=1S/C14H19N3O8/c18-4-8(5-19)13(22)15-10-1-11(3-12(2-10)17(24)25)16-14(23)9(6-20)7-21/h1-3,8-9,18-21H,4-7H2,(H,15,22)(H,16,23). The van der Waals surface area contributed by atoms with Crippen LogP contribution in [-0.2, 0) is 9.59 Å². The van der Waals surface area contributed by atoms with Crippen molar-refractivity contribution in [2.75, 3.05) is 37.1 Å². The minimum atomic E-state index is -1.11. The van der Waals surface area contributed by atoms with Gasteiger partial charge in [0, 0.05) is 23.5 Å². The third kappa shape index (κ3) is 5.76. The lowest BCUT2D eigenvalue weighted by Gasteiger charge is -2.14. The number of aliphatic hydroxyl groups excluding tert-OH is 4. The van der Waals surface area contributed by atoms with Crippen LogP contribution in [0.1, 0.15) is 0 Å². The quantitative estimate of drug-likeness (QED) is 0.232. The molecule has 0 bridgehead atoms. The van der Waals surface area contributed by atoms with Crippen LogP contribution in [0.3, 0.4) is 0 Å². The molecule has 0 saturated heterocycles. The van der Waals surface area contributed by atoms with Gasteiger partial charge in [0.25, 0.3) is 5.69 Å². The molecule has 0 atom stereocenters. The van der Waals surface area contributed by atoms with Gasteiger partial charge in [-0.3, -0.25) is 19.7 Å². The number of aliphatic hydroxyl groups is 4. The molecule has 25 heavy (non-hydrogen) atoms. The van der Waals surface area contributed by atoms with Crippen molar-refractivity contribution in [3.8, 4) is 0 Å². The highest BCUT2D eigenvalue weighted by molar-refractivity contribution is 5.96.